The number of rotatable bonds is 3. The standard InChI is InChI=1S/C18H28N4O2/c1-13-7-6-8-14(2)16(13)19-17(23)15(3)21-9-11-22(12-10-21)18(24)20(4)5/h6-8,15H,9-12H2,1-5H3,(H,19,23). The first-order valence-corrected chi connectivity index (χ1v) is 8.38. The Morgan fingerprint density at radius 3 is 2.12 bits per heavy atom. The summed E-state index contributed by atoms with van der Waals surface area (Å²) in [6, 6.07) is 5.80. The number of hydrogen-bond acceptors (Lipinski definition) is 3. The van der Waals surface area contributed by atoms with E-state index in [1.165, 1.54) is 0 Å². The number of carbonyl (C=O) groups excluding carboxylic acids is 2. The Balaban J connectivity index is 1.94. The number of hydrogen-bond donors (Lipinski definition) is 1. The Labute approximate surface area is 144 Å². The molecule has 6 heteroatoms. The zero-order valence-corrected chi connectivity index (χ0v) is 15.3. The van der Waals surface area contributed by atoms with Crippen LogP contribution in [0.5, 0.6) is 0 Å². The molecule has 1 unspecified atom stereocenters. The van der Waals surface area contributed by atoms with Crippen molar-refractivity contribution < 1.29 is 9.59 Å². The molecule has 0 radical (unpaired) electrons. The number of nitrogens with one attached hydrogen (secondary N) is 1. The van der Waals surface area contributed by atoms with E-state index in [4.69, 9.17) is 0 Å². The highest BCUT2D eigenvalue weighted by Gasteiger charge is 2.28. The van der Waals surface area contributed by atoms with Gasteiger partial charge in [0.25, 0.3) is 0 Å². The molecule has 1 N–H and O–H groups in total. The molecule has 0 bridgehead atoms. The maximum absolute atomic E-state index is 12.6. The molecular formula is C18H28N4O2. The van der Waals surface area contributed by atoms with Crippen molar-refractivity contribution in [2.24, 2.45) is 0 Å². The summed E-state index contributed by atoms with van der Waals surface area (Å²) < 4.78 is 0. The molecule has 1 fully saturated rings. The summed E-state index contributed by atoms with van der Waals surface area (Å²) in [4.78, 5) is 30.1. The van der Waals surface area contributed by atoms with Crippen LogP contribution in [-0.4, -0.2) is 73.0 Å². The number of para-hydroxylation sites is 1. The summed E-state index contributed by atoms with van der Waals surface area (Å²) in [5.74, 6) is -0.000198. The molecule has 1 aliphatic heterocycles. The smallest absolute Gasteiger partial charge is 0.319 e. The van der Waals surface area contributed by atoms with Gasteiger partial charge in [0, 0.05) is 46.0 Å². The van der Waals surface area contributed by atoms with Crippen LogP contribution < -0.4 is 5.32 Å². The van der Waals surface area contributed by atoms with E-state index >= 15 is 0 Å². The molecule has 1 heterocycles. The normalized spacial score (nSPS) is 16.6. The lowest BCUT2D eigenvalue weighted by Gasteiger charge is -2.38. The first kappa shape index (κ1) is 18.3. The minimum absolute atomic E-state index is 0.000198. The molecule has 24 heavy (non-hydrogen) atoms. The Hall–Kier alpha value is -2.08. The van der Waals surface area contributed by atoms with E-state index < -0.39 is 0 Å². The Kier molecular flexibility index (Phi) is 5.83. The fraction of sp³-hybridized carbons (Fsp3) is 0.556. The lowest BCUT2D eigenvalue weighted by Crippen LogP contribution is -2.55. The lowest BCUT2D eigenvalue weighted by molar-refractivity contribution is -0.121. The highest BCUT2D eigenvalue weighted by atomic mass is 16.2. The van der Waals surface area contributed by atoms with Crippen LogP contribution in [0.1, 0.15) is 18.1 Å². The zero-order chi connectivity index (χ0) is 17.9. The van der Waals surface area contributed by atoms with Gasteiger partial charge in [-0.15, -0.1) is 0 Å². The van der Waals surface area contributed by atoms with Gasteiger partial charge < -0.3 is 15.1 Å². The van der Waals surface area contributed by atoms with Gasteiger partial charge in [0.1, 0.15) is 0 Å². The fourth-order valence-corrected chi connectivity index (χ4v) is 2.99. The van der Waals surface area contributed by atoms with Crippen molar-refractivity contribution >= 4 is 17.6 Å². The van der Waals surface area contributed by atoms with Crippen molar-refractivity contribution in [3.8, 4) is 0 Å². The number of amides is 3. The van der Waals surface area contributed by atoms with Gasteiger partial charge in [0.2, 0.25) is 5.91 Å². The van der Waals surface area contributed by atoms with Crippen LogP contribution in [-0.2, 0) is 4.79 Å². The van der Waals surface area contributed by atoms with Crippen molar-refractivity contribution in [2.75, 3.05) is 45.6 Å². The minimum Gasteiger partial charge on any atom is -0.331 e. The van der Waals surface area contributed by atoms with Gasteiger partial charge in [-0.05, 0) is 31.9 Å². The third-order valence-electron chi connectivity index (χ3n) is 4.62. The van der Waals surface area contributed by atoms with E-state index in [-0.39, 0.29) is 18.0 Å². The summed E-state index contributed by atoms with van der Waals surface area (Å²) in [5.41, 5.74) is 3.03. The molecule has 1 aromatic rings. The van der Waals surface area contributed by atoms with E-state index in [1.807, 2.05) is 43.9 Å². The van der Waals surface area contributed by atoms with Crippen molar-refractivity contribution in [3.05, 3.63) is 29.3 Å². The van der Waals surface area contributed by atoms with Gasteiger partial charge >= 0.3 is 6.03 Å². The number of aryl methyl sites for hydroxylation is 2. The largest absolute Gasteiger partial charge is 0.331 e. The third kappa shape index (κ3) is 4.06. The first-order chi connectivity index (χ1) is 11.3. The summed E-state index contributed by atoms with van der Waals surface area (Å²) in [7, 11) is 3.52. The molecule has 1 atom stereocenters. The van der Waals surface area contributed by atoms with Crippen LogP contribution in [0.3, 0.4) is 0 Å². The van der Waals surface area contributed by atoms with E-state index in [0.717, 1.165) is 16.8 Å². The van der Waals surface area contributed by atoms with Crippen LogP contribution in [0.2, 0.25) is 0 Å². The maximum atomic E-state index is 12.6. The zero-order valence-electron chi connectivity index (χ0n) is 15.3. The monoisotopic (exact) mass is 332 g/mol. The second-order valence-corrected chi connectivity index (χ2v) is 6.63. The molecule has 0 aliphatic carbocycles. The van der Waals surface area contributed by atoms with E-state index in [1.54, 1.807) is 19.0 Å². The van der Waals surface area contributed by atoms with Gasteiger partial charge in [-0.25, -0.2) is 4.79 Å². The second kappa shape index (κ2) is 7.66. The van der Waals surface area contributed by atoms with Crippen molar-refractivity contribution in [1.82, 2.24) is 14.7 Å². The van der Waals surface area contributed by atoms with E-state index in [2.05, 4.69) is 10.2 Å². The summed E-state index contributed by atoms with van der Waals surface area (Å²) in [6.45, 7) is 8.64. The maximum Gasteiger partial charge on any atom is 0.319 e. The summed E-state index contributed by atoms with van der Waals surface area (Å²) in [6.07, 6.45) is 0. The SMILES string of the molecule is Cc1cccc(C)c1NC(=O)C(C)N1CCN(C(=O)N(C)C)CC1. The average Bonchev–Trinajstić information content (AvgIpc) is 2.56. The highest BCUT2D eigenvalue weighted by Crippen LogP contribution is 2.20. The average molecular weight is 332 g/mol. The molecule has 1 aromatic carbocycles. The molecule has 3 amide bonds. The topological polar surface area (TPSA) is 55.9 Å². The Morgan fingerprint density at radius 2 is 1.62 bits per heavy atom. The van der Waals surface area contributed by atoms with Gasteiger partial charge in [0.05, 0.1) is 6.04 Å². The molecular weight excluding hydrogens is 304 g/mol. The number of benzene rings is 1. The van der Waals surface area contributed by atoms with Crippen LogP contribution in [0.15, 0.2) is 18.2 Å². The van der Waals surface area contributed by atoms with Gasteiger partial charge in [-0.1, -0.05) is 18.2 Å². The fourth-order valence-electron chi connectivity index (χ4n) is 2.99. The van der Waals surface area contributed by atoms with Crippen LogP contribution >= 0.6 is 0 Å². The van der Waals surface area contributed by atoms with Crippen LogP contribution in [0.4, 0.5) is 10.5 Å². The number of piperazine rings is 1. The molecule has 0 saturated carbocycles. The van der Waals surface area contributed by atoms with Crippen LogP contribution in [0.25, 0.3) is 0 Å². The quantitative estimate of drug-likeness (QED) is 0.920. The van der Waals surface area contributed by atoms with E-state index in [9.17, 15) is 9.59 Å². The second-order valence-electron chi connectivity index (χ2n) is 6.63. The van der Waals surface area contributed by atoms with E-state index in [0.29, 0.717) is 26.2 Å². The number of carbonyl (C=O) groups is 2. The summed E-state index contributed by atoms with van der Waals surface area (Å²) in [5, 5.41) is 3.06. The van der Waals surface area contributed by atoms with Crippen LogP contribution in [0, 0.1) is 13.8 Å². The molecule has 1 saturated heterocycles. The molecule has 132 valence electrons. The predicted molar refractivity (Wildman–Crippen MR) is 96.2 cm³/mol. The molecule has 0 aromatic heterocycles. The van der Waals surface area contributed by atoms with Gasteiger partial charge in [-0.2, -0.15) is 0 Å². The third-order valence-corrected chi connectivity index (χ3v) is 4.62. The van der Waals surface area contributed by atoms with Crippen molar-refractivity contribution in [1.29, 1.82) is 0 Å². The Bertz CT molecular complexity index is 587. The predicted octanol–water partition coefficient (Wildman–Crippen LogP) is 1.93. The number of anilines is 1. The van der Waals surface area contributed by atoms with Gasteiger partial charge in [-0.3, -0.25) is 9.69 Å². The highest BCUT2D eigenvalue weighted by molar-refractivity contribution is 5.95. The van der Waals surface area contributed by atoms with Gasteiger partial charge in [0.15, 0.2) is 0 Å². The lowest BCUT2D eigenvalue weighted by atomic mass is 10.1. The molecule has 0 spiro atoms. The first-order valence-electron chi connectivity index (χ1n) is 8.38. The van der Waals surface area contributed by atoms with Crippen molar-refractivity contribution in [2.45, 2.75) is 26.8 Å². The molecule has 6 nitrogen and oxygen atoms in total. The molecule has 1 aliphatic rings. The van der Waals surface area contributed by atoms with Crippen molar-refractivity contribution in [3.63, 3.8) is 0 Å². The molecule has 2 rings (SSSR count). The number of urea groups is 1. The summed E-state index contributed by atoms with van der Waals surface area (Å²) >= 11 is 0. The minimum atomic E-state index is -0.222. The Morgan fingerprint density at radius 1 is 1.08 bits per heavy atom. The number of nitrogens with zero attached hydrogens (tertiary/aromatic N) is 3.